The molecule has 1 aliphatic heterocycles. The predicted molar refractivity (Wildman–Crippen MR) is 120 cm³/mol. The highest BCUT2D eigenvalue weighted by atomic mass is 32.2. The lowest BCUT2D eigenvalue weighted by molar-refractivity contribution is -0.118. The zero-order valence-electron chi connectivity index (χ0n) is 17.0. The molecule has 0 radical (unpaired) electrons. The van der Waals surface area contributed by atoms with E-state index in [-0.39, 0.29) is 11.8 Å². The van der Waals surface area contributed by atoms with Crippen molar-refractivity contribution in [1.29, 1.82) is 0 Å². The first-order valence-electron chi connectivity index (χ1n) is 10.4. The maximum absolute atomic E-state index is 12.3. The zero-order valence-corrected chi connectivity index (χ0v) is 17.8. The van der Waals surface area contributed by atoms with Crippen LogP contribution in [0.25, 0.3) is 0 Å². The van der Waals surface area contributed by atoms with Gasteiger partial charge in [0, 0.05) is 29.4 Å². The summed E-state index contributed by atoms with van der Waals surface area (Å²) in [4.78, 5) is 27.7. The molecule has 1 fully saturated rings. The molecule has 0 saturated carbocycles. The monoisotopic (exact) mass is 425 g/mol. The lowest BCUT2D eigenvalue weighted by Crippen LogP contribution is -2.41. The minimum atomic E-state index is -0.0422. The van der Waals surface area contributed by atoms with Gasteiger partial charge in [-0.15, -0.1) is 11.8 Å². The van der Waals surface area contributed by atoms with Crippen LogP contribution in [-0.2, 0) is 27.2 Å². The molecule has 2 amide bonds. The summed E-state index contributed by atoms with van der Waals surface area (Å²) in [5, 5.41) is 5.81. The summed E-state index contributed by atoms with van der Waals surface area (Å²) in [6.07, 6.45) is 3.54. The van der Waals surface area contributed by atoms with Gasteiger partial charge in [-0.25, -0.2) is 0 Å². The fourth-order valence-electron chi connectivity index (χ4n) is 3.78. The fourth-order valence-corrected chi connectivity index (χ4v) is 4.54. The van der Waals surface area contributed by atoms with E-state index in [2.05, 4.69) is 33.7 Å². The molecule has 158 valence electrons. The quantitative estimate of drug-likeness (QED) is 0.667. The SMILES string of the molecule is O=C(CSc1ccc2c(c1)CCC2)Nc1ccc(NC(=O)CN2CCOCC2)cc1. The van der Waals surface area contributed by atoms with Crippen molar-refractivity contribution in [3.8, 4) is 0 Å². The average Bonchev–Trinajstić information content (AvgIpc) is 3.22. The Balaban J connectivity index is 1.21. The first-order valence-corrected chi connectivity index (χ1v) is 11.4. The van der Waals surface area contributed by atoms with Gasteiger partial charge in [-0.3, -0.25) is 14.5 Å². The second-order valence-corrected chi connectivity index (χ2v) is 8.68. The third-order valence-electron chi connectivity index (χ3n) is 5.36. The maximum Gasteiger partial charge on any atom is 0.238 e. The molecule has 2 aromatic rings. The van der Waals surface area contributed by atoms with Gasteiger partial charge in [0.05, 0.1) is 25.5 Å². The number of fused-ring (bicyclic) bond motifs is 1. The lowest BCUT2D eigenvalue weighted by atomic mass is 10.1. The Morgan fingerprint density at radius 2 is 1.57 bits per heavy atom. The summed E-state index contributed by atoms with van der Waals surface area (Å²) < 4.78 is 5.29. The van der Waals surface area contributed by atoms with Crippen molar-refractivity contribution >= 4 is 35.0 Å². The van der Waals surface area contributed by atoms with Gasteiger partial charge in [-0.2, -0.15) is 0 Å². The van der Waals surface area contributed by atoms with Crippen LogP contribution in [0.15, 0.2) is 47.4 Å². The molecule has 2 aromatic carbocycles. The standard InChI is InChI=1S/C23H27N3O3S/c27-22(15-26-10-12-29-13-11-26)24-19-5-7-20(8-6-19)25-23(28)16-30-21-9-4-17-2-1-3-18(17)14-21/h4-9,14H,1-3,10-13,15-16H2,(H,24,27)(H,25,28). The molecule has 2 aliphatic rings. The van der Waals surface area contributed by atoms with Gasteiger partial charge >= 0.3 is 0 Å². The van der Waals surface area contributed by atoms with E-state index < -0.39 is 0 Å². The van der Waals surface area contributed by atoms with Gasteiger partial charge in [-0.05, 0) is 66.8 Å². The summed E-state index contributed by atoms with van der Waals surface area (Å²) in [5.41, 5.74) is 4.31. The van der Waals surface area contributed by atoms with Gasteiger partial charge < -0.3 is 15.4 Å². The molecule has 7 heteroatoms. The van der Waals surface area contributed by atoms with Crippen molar-refractivity contribution in [2.75, 3.05) is 49.2 Å². The number of carbonyl (C=O) groups excluding carboxylic acids is 2. The van der Waals surface area contributed by atoms with Crippen LogP contribution in [0.4, 0.5) is 11.4 Å². The average molecular weight is 426 g/mol. The molecule has 1 heterocycles. The fraction of sp³-hybridized carbons (Fsp3) is 0.391. The van der Waals surface area contributed by atoms with E-state index in [0.717, 1.165) is 35.8 Å². The smallest absolute Gasteiger partial charge is 0.238 e. The van der Waals surface area contributed by atoms with Crippen LogP contribution in [-0.4, -0.2) is 55.3 Å². The number of carbonyl (C=O) groups is 2. The van der Waals surface area contributed by atoms with Crippen molar-refractivity contribution < 1.29 is 14.3 Å². The molecule has 0 aromatic heterocycles. The van der Waals surface area contributed by atoms with E-state index in [0.29, 0.717) is 25.5 Å². The number of thioether (sulfide) groups is 1. The molecule has 6 nitrogen and oxygen atoms in total. The van der Waals surface area contributed by atoms with Crippen LogP contribution >= 0.6 is 11.8 Å². The zero-order chi connectivity index (χ0) is 20.8. The van der Waals surface area contributed by atoms with Crippen molar-refractivity contribution in [2.45, 2.75) is 24.2 Å². The van der Waals surface area contributed by atoms with Crippen LogP contribution in [0.2, 0.25) is 0 Å². The highest BCUT2D eigenvalue weighted by Gasteiger charge is 2.14. The van der Waals surface area contributed by atoms with Gasteiger partial charge in [-0.1, -0.05) is 6.07 Å². The molecule has 0 bridgehead atoms. The summed E-state index contributed by atoms with van der Waals surface area (Å²) in [6, 6.07) is 13.7. The Morgan fingerprint density at radius 3 is 2.30 bits per heavy atom. The van der Waals surface area contributed by atoms with Crippen LogP contribution in [0.3, 0.4) is 0 Å². The molecular weight excluding hydrogens is 398 g/mol. The Labute approximate surface area is 181 Å². The first kappa shape index (κ1) is 20.9. The molecule has 2 N–H and O–H groups in total. The number of hydrogen-bond donors (Lipinski definition) is 2. The van der Waals surface area contributed by atoms with E-state index in [1.54, 1.807) is 23.9 Å². The Morgan fingerprint density at radius 1 is 0.900 bits per heavy atom. The van der Waals surface area contributed by atoms with Gasteiger partial charge in [0.2, 0.25) is 11.8 Å². The van der Waals surface area contributed by atoms with Crippen molar-refractivity contribution in [2.24, 2.45) is 0 Å². The molecule has 4 rings (SSSR count). The number of anilines is 2. The van der Waals surface area contributed by atoms with Crippen molar-refractivity contribution in [3.05, 3.63) is 53.6 Å². The first-order chi connectivity index (χ1) is 14.7. The number of aryl methyl sites for hydroxylation is 2. The molecule has 0 atom stereocenters. The number of nitrogens with zero attached hydrogens (tertiary/aromatic N) is 1. The molecule has 30 heavy (non-hydrogen) atoms. The highest BCUT2D eigenvalue weighted by molar-refractivity contribution is 8.00. The van der Waals surface area contributed by atoms with Gasteiger partial charge in [0.25, 0.3) is 0 Å². The summed E-state index contributed by atoms with van der Waals surface area (Å²) in [7, 11) is 0. The third-order valence-corrected chi connectivity index (χ3v) is 6.36. The van der Waals surface area contributed by atoms with Crippen LogP contribution in [0.5, 0.6) is 0 Å². The number of hydrogen-bond acceptors (Lipinski definition) is 5. The van der Waals surface area contributed by atoms with Gasteiger partial charge in [0.15, 0.2) is 0 Å². The Kier molecular flexibility index (Phi) is 7.04. The molecule has 0 spiro atoms. The molecule has 1 aliphatic carbocycles. The van der Waals surface area contributed by atoms with E-state index >= 15 is 0 Å². The molecule has 1 saturated heterocycles. The van der Waals surface area contributed by atoms with Crippen LogP contribution in [0.1, 0.15) is 17.5 Å². The van der Waals surface area contributed by atoms with Crippen LogP contribution in [0, 0.1) is 0 Å². The predicted octanol–water partition coefficient (Wildman–Crippen LogP) is 3.18. The van der Waals surface area contributed by atoms with Crippen LogP contribution < -0.4 is 10.6 Å². The van der Waals surface area contributed by atoms with E-state index in [1.165, 1.54) is 24.0 Å². The number of nitrogens with one attached hydrogen (secondary N) is 2. The number of benzene rings is 2. The summed E-state index contributed by atoms with van der Waals surface area (Å²) >= 11 is 1.56. The minimum absolute atomic E-state index is 0.0374. The van der Waals surface area contributed by atoms with Crippen molar-refractivity contribution in [1.82, 2.24) is 4.90 Å². The van der Waals surface area contributed by atoms with E-state index in [4.69, 9.17) is 4.74 Å². The normalized spacial score (nSPS) is 16.1. The summed E-state index contributed by atoms with van der Waals surface area (Å²) in [6.45, 7) is 3.27. The second kappa shape index (κ2) is 10.1. The second-order valence-electron chi connectivity index (χ2n) is 7.63. The summed E-state index contributed by atoms with van der Waals surface area (Å²) in [5.74, 6) is 0.292. The Bertz CT molecular complexity index is 895. The largest absolute Gasteiger partial charge is 0.379 e. The number of amides is 2. The maximum atomic E-state index is 12.3. The van der Waals surface area contributed by atoms with E-state index in [9.17, 15) is 9.59 Å². The van der Waals surface area contributed by atoms with Crippen molar-refractivity contribution in [3.63, 3.8) is 0 Å². The molecule has 0 unspecified atom stereocenters. The number of ether oxygens (including phenoxy) is 1. The Hall–Kier alpha value is -2.35. The minimum Gasteiger partial charge on any atom is -0.379 e. The molecular formula is C23H27N3O3S. The van der Waals surface area contributed by atoms with Gasteiger partial charge in [0.1, 0.15) is 0 Å². The highest BCUT2D eigenvalue weighted by Crippen LogP contribution is 2.27. The third kappa shape index (κ3) is 5.84. The lowest BCUT2D eigenvalue weighted by Gasteiger charge is -2.25. The number of rotatable bonds is 7. The van der Waals surface area contributed by atoms with E-state index in [1.807, 2.05) is 12.1 Å². The number of morpholine rings is 1. The topological polar surface area (TPSA) is 70.7 Å².